The minimum Gasteiger partial charge on any atom is -0.484 e. The standard InChI is InChI=1S/C15H17N3O4/c1-4-14-10(2)16-17(11(14)3)15(19)9-22-13-7-5-12(6-8-13)18(20)21/h5-8H,4,9H2,1-3H3. The molecule has 0 fully saturated rings. The molecule has 0 N–H and O–H groups in total. The number of nitrogens with zero attached hydrogens (tertiary/aromatic N) is 3. The minimum atomic E-state index is -0.489. The van der Waals surface area contributed by atoms with E-state index < -0.39 is 4.92 Å². The van der Waals surface area contributed by atoms with Crippen LogP contribution in [-0.4, -0.2) is 27.2 Å². The Morgan fingerprint density at radius 2 is 1.95 bits per heavy atom. The molecular formula is C15H17N3O4. The van der Waals surface area contributed by atoms with Crippen LogP contribution in [0.2, 0.25) is 0 Å². The first-order valence-electron chi connectivity index (χ1n) is 6.89. The molecule has 0 saturated carbocycles. The van der Waals surface area contributed by atoms with Crippen molar-refractivity contribution in [3.05, 3.63) is 51.3 Å². The summed E-state index contributed by atoms with van der Waals surface area (Å²) in [6.45, 7) is 5.55. The lowest BCUT2D eigenvalue weighted by Gasteiger charge is -2.06. The van der Waals surface area contributed by atoms with Crippen molar-refractivity contribution in [1.82, 2.24) is 9.78 Å². The first kappa shape index (κ1) is 15.7. The first-order valence-corrected chi connectivity index (χ1v) is 6.89. The molecule has 2 rings (SSSR count). The van der Waals surface area contributed by atoms with Gasteiger partial charge in [-0.2, -0.15) is 5.10 Å². The molecule has 1 heterocycles. The van der Waals surface area contributed by atoms with E-state index in [2.05, 4.69) is 5.10 Å². The highest BCUT2D eigenvalue weighted by molar-refractivity contribution is 5.80. The van der Waals surface area contributed by atoms with Crippen LogP contribution in [-0.2, 0) is 6.42 Å². The van der Waals surface area contributed by atoms with Crippen LogP contribution >= 0.6 is 0 Å². The number of hydrogen-bond donors (Lipinski definition) is 0. The Labute approximate surface area is 127 Å². The molecule has 0 aliphatic rings. The predicted molar refractivity (Wildman–Crippen MR) is 80.3 cm³/mol. The average Bonchev–Trinajstić information content (AvgIpc) is 2.79. The van der Waals surface area contributed by atoms with E-state index in [1.807, 2.05) is 20.8 Å². The number of ether oxygens (including phenoxy) is 1. The lowest BCUT2D eigenvalue weighted by molar-refractivity contribution is -0.384. The quantitative estimate of drug-likeness (QED) is 0.626. The Morgan fingerprint density at radius 3 is 2.45 bits per heavy atom. The van der Waals surface area contributed by atoms with Gasteiger partial charge in [0.25, 0.3) is 11.6 Å². The third-order valence-corrected chi connectivity index (χ3v) is 3.44. The maximum Gasteiger partial charge on any atom is 0.284 e. The topological polar surface area (TPSA) is 87.3 Å². The van der Waals surface area contributed by atoms with Gasteiger partial charge in [0, 0.05) is 17.8 Å². The molecule has 0 aliphatic carbocycles. The number of non-ortho nitro benzene ring substituents is 1. The van der Waals surface area contributed by atoms with E-state index in [1.165, 1.54) is 28.9 Å². The molecule has 22 heavy (non-hydrogen) atoms. The molecule has 0 aliphatic heterocycles. The summed E-state index contributed by atoms with van der Waals surface area (Å²) >= 11 is 0. The number of aryl methyl sites for hydroxylation is 1. The number of benzene rings is 1. The highest BCUT2D eigenvalue weighted by atomic mass is 16.6. The second-order valence-corrected chi connectivity index (χ2v) is 4.85. The number of rotatable bonds is 5. The summed E-state index contributed by atoms with van der Waals surface area (Å²) in [5.41, 5.74) is 2.69. The average molecular weight is 303 g/mol. The number of carbonyl (C=O) groups excluding carboxylic acids is 1. The Kier molecular flexibility index (Phi) is 4.55. The van der Waals surface area contributed by atoms with Gasteiger partial charge < -0.3 is 4.74 Å². The molecule has 0 spiro atoms. The Balaban J connectivity index is 2.05. The summed E-state index contributed by atoms with van der Waals surface area (Å²) in [4.78, 5) is 22.2. The first-order chi connectivity index (χ1) is 10.4. The van der Waals surface area contributed by atoms with Crippen LogP contribution in [0.4, 0.5) is 5.69 Å². The van der Waals surface area contributed by atoms with E-state index in [0.717, 1.165) is 23.4 Å². The highest BCUT2D eigenvalue weighted by Crippen LogP contribution is 2.18. The van der Waals surface area contributed by atoms with Crippen LogP contribution in [0.25, 0.3) is 0 Å². The number of nitro groups is 1. The molecule has 1 aromatic heterocycles. The third-order valence-electron chi connectivity index (χ3n) is 3.44. The molecule has 0 amide bonds. The number of nitro benzene ring substituents is 1. The van der Waals surface area contributed by atoms with Gasteiger partial charge in [0.05, 0.1) is 10.6 Å². The largest absolute Gasteiger partial charge is 0.484 e. The van der Waals surface area contributed by atoms with E-state index in [1.54, 1.807) is 0 Å². The molecule has 1 aromatic carbocycles. The van der Waals surface area contributed by atoms with E-state index in [9.17, 15) is 14.9 Å². The van der Waals surface area contributed by atoms with Crippen molar-refractivity contribution in [2.75, 3.05) is 6.61 Å². The zero-order valence-electron chi connectivity index (χ0n) is 12.7. The van der Waals surface area contributed by atoms with Gasteiger partial charge >= 0.3 is 0 Å². The Bertz CT molecular complexity index is 704. The maximum absolute atomic E-state index is 12.2. The number of carbonyl (C=O) groups is 1. The van der Waals surface area contributed by atoms with E-state index >= 15 is 0 Å². The van der Waals surface area contributed by atoms with Crippen LogP contribution in [0.1, 0.15) is 28.7 Å². The lowest BCUT2D eigenvalue weighted by Crippen LogP contribution is -2.21. The second kappa shape index (κ2) is 6.38. The molecule has 0 saturated heterocycles. The molecule has 2 aromatic rings. The lowest BCUT2D eigenvalue weighted by atomic mass is 10.1. The summed E-state index contributed by atoms with van der Waals surface area (Å²) in [7, 11) is 0. The van der Waals surface area contributed by atoms with Crippen molar-refractivity contribution >= 4 is 11.6 Å². The van der Waals surface area contributed by atoms with E-state index in [0.29, 0.717) is 5.75 Å². The fraction of sp³-hybridized carbons (Fsp3) is 0.333. The van der Waals surface area contributed by atoms with Crippen molar-refractivity contribution in [2.45, 2.75) is 27.2 Å². The normalized spacial score (nSPS) is 10.5. The SMILES string of the molecule is CCc1c(C)nn(C(=O)COc2ccc([N+](=O)[O-])cc2)c1C. The third kappa shape index (κ3) is 3.13. The van der Waals surface area contributed by atoms with Crippen LogP contribution in [0.15, 0.2) is 24.3 Å². The summed E-state index contributed by atoms with van der Waals surface area (Å²) in [6.07, 6.45) is 0.814. The molecular weight excluding hydrogens is 286 g/mol. The molecule has 0 unspecified atom stereocenters. The van der Waals surface area contributed by atoms with Gasteiger partial charge in [-0.05, 0) is 38.0 Å². The van der Waals surface area contributed by atoms with Crippen LogP contribution in [0.5, 0.6) is 5.75 Å². The van der Waals surface area contributed by atoms with E-state index in [4.69, 9.17) is 4.74 Å². The summed E-state index contributed by atoms with van der Waals surface area (Å²) in [5.74, 6) is 0.120. The zero-order valence-corrected chi connectivity index (χ0v) is 12.7. The van der Waals surface area contributed by atoms with Crippen molar-refractivity contribution in [1.29, 1.82) is 0 Å². The summed E-state index contributed by atoms with van der Waals surface area (Å²) in [5, 5.41) is 14.8. The van der Waals surface area contributed by atoms with Gasteiger partial charge in [-0.15, -0.1) is 0 Å². The number of hydrogen-bond acceptors (Lipinski definition) is 5. The molecule has 7 heteroatoms. The van der Waals surface area contributed by atoms with Crippen LogP contribution in [0.3, 0.4) is 0 Å². The van der Waals surface area contributed by atoms with Gasteiger partial charge in [-0.1, -0.05) is 6.92 Å². The second-order valence-electron chi connectivity index (χ2n) is 4.85. The Hall–Kier alpha value is -2.70. The van der Waals surface area contributed by atoms with Gasteiger partial charge in [-0.25, -0.2) is 4.68 Å². The zero-order chi connectivity index (χ0) is 16.3. The van der Waals surface area contributed by atoms with Gasteiger partial charge in [0.15, 0.2) is 6.61 Å². The number of aromatic nitrogens is 2. The van der Waals surface area contributed by atoms with Crippen molar-refractivity contribution < 1.29 is 14.5 Å². The van der Waals surface area contributed by atoms with Crippen molar-refractivity contribution in [3.8, 4) is 5.75 Å². The molecule has 0 atom stereocenters. The summed E-state index contributed by atoms with van der Waals surface area (Å²) < 4.78 is 6.71. The maximum atomic E-state index is 12.2. The fourth-order valence-corrected chi connectivity index (χ4v) is 2.30. The smallest absolute Gasteiger partial charge is 0.284 e. The monoisotopic (exact) mass is 303 g/mol. The fourth-order valence-electron chi connectivity index (χ4n) is 2.30. The van der Waals surface area contributed by atoms with Crippen LogP contribution in [0, 0.1) is 24.0 Å². The van der Waals surface area contributed by atoms with Gasteiger partial charge in [0.2, 0.25) is 0 Å². The van der Waals surface area contributed by atoms with Crippen molar-refractivity contribution in [3.63, 3.8) is 0 Å². The molecule has 0 radical (unpaired) electrons. The molecule has 0 bridgehead atoms. The molecule has 7 nitrogen and oxygen atoms in total. The van der Waals surface area contributed by atoms with Crippen LogP contribution < -0.4 is 4.74 Å². The van der Waals surface area contributed by atoms with E-state index in [-0.39, 0.29) is 18.2 Å². The van der Waals surface area contributed by atoms with Crippen molar-refractivity contribution in [2.24, 2.45) is 0 Å². The Morgan fingerprint density at radius 1 is 1.32 bits per heavy atom. The minimum absolute atomic E-state index is 0.0233. The molecule has 116 valence electrons. The predicted octanol–water partition coefficient (Wildman–Crippen LogP) is 2.69. The van der Waals surface area contributed by atoms with Gasteiger partial charge in [0.1, 0.15) is 5.75 Å². The summed E-state index contributed by atoms with van der Waals surface area (Å²) in [6, 6.07) is 5.59. The highest BCUT2D eigenvalue weighted by Gasteiger charge is 2.16. The van der Waals surface area contributed by atoms with Gasteiger partial charge in [-0.3, -0.25) is 14.9 Å².